The first kappa shape index (κ1) is 15.5. The summed E-state index contributed by atoms with van der Waals surface area (Å²) in [5.41, 5.74) is 0.814. The summed E-state index contributed by atoms with van der Waals surface area (Å²) < 4.78 is 0. The van der Waals surface area contributed by atoms with Gasteiger partial charge in [-0.05, 0) is 51.9 Å². The highest BCUT2D eigenvalue weighted by atomic mass is 16.3. The molecule has 1 aromatic rings. The lowest BCUT2D eigenvalue weighted by molar-refractivity contribution is 0.151. The highest BCUT2D eigenvalue weighted by molar-refractivity contribution is 5.23. The van der Waals surface area contributed by atoms with Crippen molar-refractivity contribution in [3.05, 3.63) is 35.9 Å². The third-order valence-corrected chi connectivity index (χ3v) is 4.64. The number of nitrogens with one attached hydrogen (secondary N) is 1. The SMILES string of the molecule is CN1CCCCC1CCNC(C)(CO)c1ccccc1. The first-order valence-electron chi connectivity index (χ1n) is 7.77. The largest absolute Gasteiger partial charge is 0.394 e. The molecule has 0 saturated carbocycles. The van der Waals surface area contributed by atoms with E-state index in [1.54, 1.807) is 0 Å². The predicted molar refractivity (Wildman–Crippen MR) is 83.8 cm³/mol. The molecule has 20 heavy (non-hydrogen) atoms. The van der Waals surface area contributed by atoms with Crippen molar-refractivity contribution < 1.29 is 5.11 Å². The van der Waals surface area contributed by atoms with Gasteiger partial charge in [0.05, 0.1) is 12.1 Å². The molecule has 1 aliphatic heterocycles. The molecular formula is C17H28N2O. The molecule has 0 spiro atoms. The first-order chi connectivity index (χ1) is 9.65. The van der Waals surface area contributed by atoms with Gasteiger partial charge in [0.1, 0.15) is 0 Å². The summed E-state index contributed by atoms with van der Waals surface area (Å²) in [5.74, 6) is 0. The van der Waals surface area contributed by atoms with E-state index in [0.717, 1.165) is 18.5 Å². The molecule has 0 amide bonds. The van der Waals surface area contributed by atoms with Crippen LogP contribution in [-0.2, 0) is 5.54 Å². The van der Waals surface area contributed by atoms with Crippen LogP contribution in [0.3, 0.4) is 0 Å². The number of nitrogens with zero attached hydrogens (tertiary/aromatic N) is 1. The molecule has 1 saturated heterocycles. The zero-order valence-corrected chi connectivity index (χ0v) is 12.8. The van der Waals surface area contributed by atoms with E-state index >= 15 is 0 Å². The molecule has 0 radical (unpaired) electrons. The Balaban J connectivity index is 1.87. The Labute approximate surface area is 123 Å². The van der Waals surface area contributed by atoms with Crippen molar-refractivity contribution in [2.24, 2.45) is 0 Å². The maximum Gasteiger partial charge on any atom is 0.0652 e. The Morgan fingerprint density at radius 2 is 2.05 bits per heavy atom. The Hall–Kier alpha value is -0.900. The second kappa shape index (κ2) is 7.21. The van der Waals surface area contributed by atoms with E-state index in [4.69, 9.17) is 0 Å². The molecule has 2 atom stereocenters. The molecule has 0 aromatic heterocycles. The van der Waals surface area contributed by atoms with Crippen LogP contribution in [0, 0.1) is 0 Å². The zero-order valence-electron chi connectivity index (χ0n) is 12.8. The minimum atomic E-state index is -0.339. The second-order valence-corrected chi connectivity index (χ2v) is 6.20. The van der Waals surface area contributed by atoms with Crippen molar-refractivity contribution in [1.82, 2.24) is 10.2 Å². The molecule has 3 nitrogen and oxygen atoms in total. The molecule has 2 unspecified atom stereocenters. The molecule has 1 aromatic carbocycles. The highest BCUT2D eigenvalue weighted by Gasteiger charge is 2.26. The molecule has 1 aliphatic rings. The van der Waals surface area contributed by atoms with E-state index in [1.165, 1.54) is 25.8 Å². The average molecular weight is 276 g/mol. The van der Waals surface area contributed by atoms with E-state index in [0.29, 0.717) is 6.04 Å². The number of hydrogen-bond donors (Lipinski definition) is 2. The van der Waals surface area contributed by atoms with Crippen LogP contribution in [0.25, 0.3) is 0 Å². The number of benzene rings is 1. The molecule has 2 N–H and O–H groups in total. The first-order valence-corrected chi connectivity index (χ1v) is 7.77. The Bertz CT molecular complexity index is 395. The number of aliphatic hydroxyl groups is 1. The van der Waals surface area contributed by atoms with Gasteiger partial charge in [-0.15, -0.1) is 0 Å². The summed E-state index contributed by atoms with van der Waals surface area (Å²) in [6.07, 6.45) is 5.14. The fraction of sp³-hybridized carbons (Fsp3) is 0.647. The zero-order chi connectivity index (χ0) is 14.4. The van der Waals surface area contributed by atoms with Gasteiger partial charge in [0.25, 0.3) is 0 Å². The smallest absolute Gasteiger partial charge is 0.0652 e. The summed E-state index contributed by atoms with van der Waals surface area (Å²) in [6, 6.07) is 10.9. The molecule has 0 aliphatic carbocycles. The van der Waals surface area contributed by atoms with Gasteiger partial charge in [0.15, 0.2) is 0 Å². The lowest BCUT2D eigenvalue weighted by Gasteiger charge is -2.35. The van der Waals surface area contributed by atoms with Gasteiger partial charge in [-0.3, -0.25) is 0 Å². The normalized spacial score (nSPS) is 23.4. The standard InChI is InChI=1S/C17H28N2O/c1-17(14-20,15-8-4-3-5-9-15)18-12-11-16-10-6-7-13-19(16)2/h3-5,8-9,16,18,20H,6-7,10-14H2,1-2H3. The Morgan fingerprint density at radius 1 is 1.30 bits per heavy atom. The van der Waals surface area contributed by atoms with E-state index in [-0.39, 0.29) is 12.1 Å². The summed E-state index contributed by atoms with van der Waals surface area (Å²) >= 11 is 0. The average Bonchev–Trinajstić information content (AvgIpc) is 2.50. The van der Waals surface area contributed by atoms with E-state index in [1.807, 2.05) is 18.2 Å². The summed E-state index contributed by atoms with van der Waals surface area (Å²) in [7, 11) is 2.23. The van der Waals surface area contributed by atoms with Gasteiger partial charge >= 0.3 is 0 Å². The Morgan fingerprint density at radius 3 is 2.70 bits per heavy atom. The number of likely N-dealkylation sites (tertiary alicyclic amines) is 1. The molecule has 0 bridgehead atoms. The van der Waals surface area contributed by atoms with Crippen molar-refractivity contribution >= 4 is 0 Å². The lowest BCUT2D eigenvalue weighted by atomic mass is 9.92. The van der Waals surface area contributed by atoms with Gasteiger partial charge in [-0.2, -0.15) is 0 Å². The number of rotatable bonds is 6. The number of hydrogen-bond acceptors (Lipinski definition) is 3. The van der Waals surface area contributed by atoms with Crippen molar-refractivity contribution in [3.8, 4) is 0 Å². The van der Waals surface area contributed by atoms with Crippen molar-refractivity contribution in [1.29, 1.82) is 0 Å². The second-order valence-electron chi connectivity index (χ2n) is 6.20. The van der Waals surface area contributed by atoms with Gasteiger partial charge < -0.3 is 15.3 Å². The molecule has 112 valence electrons. The van der Waals surface area contributed by atoms with Crippen LogP contribution in [0.15, 0.2) is 30.3 Å². The van der Waals surface area contributed by atoms with Crippen LogP contribution in [0.1, 0.15) is 38.2 Å². The monoisotopic (exact) mass is 276 g/mol. The van der Waals surface area contributed by atoms with Gasteiger partial charge in [-0.25, -0.2) is 0 Å². The number of aliphatic hydroxyl groups excluding tert-OH is 1. The third kappa shape index (κ3) is 3.81. The summed E-state index contributed by atoms with van der Waals surface area (Å²) in [5, 5.41) is 13.3. The third-order valence-electron chi connectivity index (χ3n) is 4.64. The maximum absolute atomic E-state index is 9.75. The summed E-state index contributed by atoms with van der Waals surface area (Å²) in [6.45, 7) is 4.37. The molecule has 3 heteroatoms. The van der Waals surface area contributed by atoms with E-state index in [9.17, 15) is 5.11 Å². The van der Waals surface area contributed by atoms with Crippen molar-refractivity contribution in [2.75, 3.05) is 26.7 Å². The Kier molecular flexibility index (Phi) is 5.58. The minimum Gasteiger partial charge on any atom is -0.394 e. The van der Waals surface area contributed by atoms with Crippen LogP contribution in [0.4, 0.5) is 0 Å². The van der Waals surface area contributed by atoms with Crippen LogP contribution in [0.5, 0.6) is 0 Å². The van der Waals surface area contributed by atoms with Crippen LogP contribution < -0.4 is 5.32 Å². The van der Waals surface area contributed by atoms with Crippen molar-refractivity contribution in [3.63, 3.8) is 0 Å². The minimum absolute atomic E-state index is 0.123. The lowest BCUT2D eigenvalue weighted by Crippen LogP contribution is -2.45. The quantitative estimate of drug-likeness (QED) is 0.837. The maximum atomic E-state index is 9.75. The van der Waals surface area contributed by atoms with E-state index < -0.39 is 0 Å². The highest BCUT2D eigenvalue weighted by Crippen LogP contribution is 2.21. The fourth-order valence-corrected chi connectivity index (χ4v) is 3.08. The summed E-state index contributed by atoms with van der Waals surface area (Å²) in [4.78, 5) is 2.48. The predicted octanol–water partition coefficient (Wildman–Crippen LogP) is 2.36. The molecular weight excluding hydrogens is 248 g/mol. The van der Waals surface area contributed by atoms with Crippen LogP contribution in [-0.4, -0.2) is 42.8 Å². The molecule has 1 heterocycles. The topological polar surface area (TPSA) is 35.5 Å². The van der Waals surface area contributed by atoms with Gasteiger partial charge in [0, 0.05) is 6.04 Å². The van der Waals surface area contributed by atoms with Gasteiger partial charge in [0.2, 0.25) is 0 Å². The van der Waals surface area contributed by atoms with Gasteiger partial charge in [-0.1, -0.05) is 36.8 Å². The molecule has 2 rings (SSSR count). The number of piperidine rings is 1. The van der Waals surface area contributed by atoms with Crippen molar-refractivity contribution in [2.45, 2.75) is 44.2 Å². The van der Waals surface area contributed by atoms with E-state index in [2.05, 4.69) is 36.3 Å². The molecule has 1 fully saturated rings. The fourth-order valence-electron chi connectivity index (χ4n) is 3.08. The van der Waals surface area contributed by atoms with Crippen LogP contribution >= 0.6 is 0 Å². The van der Waals surface area contributed by atoms with Crippen LogP contribution in [0.2, 0.25) is 0 Å².